The highest BCUT2D eigenvalue weighted by Gasteiger charge is 2.78. The summed E-state index contributed by atoms with van der Waals surface area (Å²) in [5, 5.41) is 29.9. The molecule has 432 valence electrons. The summed E-state index contributed by atoms with van der Waals surface area (Å²) in [6, 6.07) is 26.8. The number of Topliss-reactive ketones (excluding diaryl/α,β-unsaturated/α-hetero) is 1. The quantitative estimate of drug-likeness (QED) is 0.0358. The Kier molecular flexibility index (Phi) is 18.3. The second-order valence-corrected chi connectivity index (χ2v) is 24.2. The highest BCUT2D eigenvalue weighted by Crippen LogP contribution is 2.64. The Labute approximate surface area is 477 Å². The molecular formula is C67H81NO13. The minimum absolute atomic E-state index is 0.100. The van der Waals surface area contributed by atoms with Gasteiger partial charge in [-0.05, 0) is 98.3 Å². The number of benzene rings is 3. The van der Waals surface area contributed by atoms with Crippen LogP contribution < -0.4 is 5.32 Å². The number of nitrogens with one attached hydrogen (secondary N) is 1. The summed E-state index contributed by atoms with van der Waals surface area (Å²) in [5.74, 6) is -5.40. The number of carbonyl (C=O) groups excluding carboxylic acids is 5. The van der Waals surface area contributed by atoms with Gasteiger partial charge in [0, 0.05) is 50.6 Å². The molecule has 3 fully saturated rings. The number of hydrogen-bond donors (Lipinski definition) is 3. The molecule has 3 aromatic carbocycles. The van der Waals surface area contributed by atoms with Crippen molar-refractivity contribution in [2.24, 2.45) is 22.2 Å². The molecule has 3 N–H and O–H groups in total. The molecule has 0 aromatic heterocycles. The summed E-state index contributed by atoms with van der Waals surface area (Å²) >= 11 is 0. The number of hydrogen-bond acceptors (Lipinski definition) is 14. The van der Waals surface area contributed by atoms with Crippen LogP contribution in [0.4, 0.5) is 0 Å². The smallest absolute Gasteiger partial charge is 0.350 e. The molecule has 2 bridgehead atoms. The van der Waals surface area contributed by atoms with Crippen molar-refractivity contribution in [2.75, 3.05) is 6.61 Å². The molecule has 0 spiro atoms. The van der Waals surface area contributed by atoms with E-state index in [2.05, 4.69) is 38.2 Å². The highest BCUT2D eigenvalue weighted by atomic mass is 16.6. The number of fused-ring (bicyclic) bond motifs is 5. The minimum atomic E-state index is -2.18. The van der Waals surface area contributed by atoms with E-state index in [-0.39, 0.29) is 43.6 Å². The second-order valence-electron chi connectivity index (χ2n) is 24.2. The van der Waals surface area contributed by atoms with Gasteiger partial charge in [-0.15, -0.1) is 0 Å². The zero-order chi connectivity index (χ0) is 58.7. The van der Waals surface area contributed by atoms with Gasteiger partial charge in [-0.3, -0.25) is 14.4 Å². The van der Waals surface area contributed by atoms with E-state index < -0.39 is 100 Å². The fourth-order valence-electron chi connectivity index (χ4n) is 13.5. The summed E-state index contributed by atoms with van der Waals surface area (Å²) in [6.45, 7) is 19.5. The van der Waals surface area contributed by atoms with Gasteiger partial charge in [0.25, 0.3) is 0 Å². The van der Waals surface area contributed by atoms with E-state index >= 15 is 9.59 Å². The molecule has 3 aromatic rings. The molecule has 0 amide bonds. The molecule has 14 heteroatoms. The first-order valence-corrected chi connectivity index (χ1v) is 28.3. The van der Waals surface area contributed by atoms with Crippen molar-refractivity contribution >= 4 is 29.7 Å². The number of aliphatic hydroxyl groups is 2. The fourth-order valence-corrected chi connectivity index (χ4v) is 13.5. The third kappa shape index (κ3) is 12.3. The van der Waals surface area contributed by atoms with E-state index in [0.29, 0.717) is 22.3 Å². The van der Waals surface area contributed by atoms with Gasteiger partial charge in [0.2, 0.25) is 6.10 Å². The molecule has 0 unspecified atom stereocenters. The lowest BCUT2D eigenvalue weighted by molar-refractivity contribution is -0.351. The molecular weight excluding hydrogens is 1030 g/mol. The van der Waals surface area contributed by atoms with E-state index in [1.165, 1.54) is 37.5 Å². The van der Waals surface area contributed by atoms with Crippen molar-refractivity contribution in [3.05, 3.63) is 178 Å². The van der Waals surface area contributed by atoms with E-state index in [9.17, 15) is 24.6 Å². The van der Waals surface area contributed by atoms with Crippen LogP contribution in [0, 0.1) is 22.2 Å². The van der Waals surface area contributed by atoms with Crippen LogP contribution in [0.2, 0.25) is 0 Å². The first-order valence-electron chi connectivity index (χ1n) is 28.3. The average molecular weight is 1110 g/mol. The number of rotatable bonds is 18. The maximum absolute atomic E-state index is 15.9. The van der Waals surface area contributed by atoms with Crippen LogP contribution in [0.1, 0.15) is 131 Å². The Morgan fingerprint density at radius 2 is 1.47 bits per heavy atom. The Hall–Kier alpha value is -6.55. The summed E-state index contributed by atoms with van der Waals surface area (Å²) in [7, 11) is 0. The third-order valence-corrected chi connectivity index (χ3v) is 17.9. The number of aliphatic hydroxyl groups excluding tert-OH is 1. The maximum atomic E-state index is 15.9. The zero-order valence-electron chi connectivity index (χ0n) is 48.8. The van der Waals surface area contributed by atoms with E-state index in [1.54, 1.807) is 33.8 Å². The van der Waals surface area contributed by atoms with Gasteiger partial charge in [0.15, 0.2) is 17.5 Å². The first kappa shape index (κ1) is 60.5. The predicted molar refractivity (Wildman–Crippen MR) is 306 cm³/mol. The molecule has 1 saturated heterocycles. The number of allylic oxidation sites excluding steroid dienone is 9. The topological polar surface area (TPSA) is 193 Å². The standard InChI is InChI=1S/C67H81NO13/c1-41(32-33-50-43(3)25-22-34-63(50,7)8)23-21-24-42(2)35-54(72)80-58(56(49-30-19-14-20-31-49)68-38-47-26-15-12-16-27-47)62(74)79-51-37-67(75)61(76-39-48-28-17-13-18-29-48)59-65(11,52(71)36-53-66(59,40-77-53)81-46(6)70)60(73)57(78-45(5)69)55(44(51)4)64(67,9)10/h12-21,23-24,26-33,35,51-53,56-59,61,68,71,75H,22,25,34,36-40H2,1-11H3/b24-21+,33-32+,41-23+,42-35+/t51-,52-,53+,56-,57+,58+,59-,61-,65+,66-,67+/m0/s1. The van der Waals surface area contributed by atoms with Crippen LogP contribution in [0.3, 0.4) is 0 Å². The maximum Gasteiger partial charge on any atom is 0.350 e. The number of carbonyl (C=O) groups is 5. The molecule has 1 aliphatic heterocycles. The van der Waals surface area contributed by atoms with Crippen molar-refractivity contribution in [3.8, 4) is 0 Å². The van der Waals surface area contributed by atoms with Crippen molar-refractivity contribution in [1.29, 1.82) is 0 Å². The van der Waals surface area contributed by atoms with Gasteiger partial charge < -0.3 is 44.0 Å². The summed E-state index contributed by atoms with van der Waals surface area (Å²) < 4.78 is 38.3. The largest absolute Gasteiger partial charge is 0.455 e. The van der Waals surface area contributed by atoms with Crippen molar-refractivity contribution in [1.82, 2.24) is 5.32 Å². The average Bonchev–Trinajstić information content (AvgIpc) is 2.41. The van der Waals surface area contributed by atoms with Gasteiger partial charge in [-0.2, -0.15) is 0 Å². The Bertz CT molecular complexity index is 3030. The molecule has 11 atom stereocenters. The van der Waals surface area contributed by atoms with Crippen LogP contribution >= 0.6 is 0 Å². The predicted octanol–water partition coefficient (Wildman–Crippen LogP) is 10.5. The van der Waals surface area contributed by atoms with E-state index in [4.69, 9.17) is 28.4 Å². The first-order chi connectivity index (χ1) is 38.3. The monoisotopic (exact) mass is 1110 g/mol. The molecule has 5 aliphatic rings. The second kappa shape index (κ2) is 24.5. The summed E-state index contributed by atoms with van der Waals surface area (Å²) in [4.78, 5) is 72.4. The molecule has 81 heavy (non-hydrogen) atoms. The SMILES string of the molecule is CC(=O)O[C@H]1C(=O)[C@@]2(C)[C@H]([C@H](OCc3ccccc3)[C@]3(O)C[C@H](OC(=O)[C@H](OC(=O)/C=C(C)/C=C/C=C(C)/C=C/C4=C(C)CCCC4(C)C)[C@@H](NCc4ccccc4)c4ccccc4)C(C)=C1C3(C)C)[C@]1(OC(C)=O)CO[C@@H]1C[C@@H]2O. The normalized spacial score (nSPS) is 29.8. The molecule has 4 aliphatic carbocycles. The zero-order valence-corrected chi connectivity index (χ0v) is 48.8. The molecule has 0 radical (unpaired) electrons. The lowest BCUT2D eigenvalue weighted by Crippen LogP contribution is -2.81. The Morgan fingerprint density at radius 3 is 2.07 bits per heavy atom. The molecule has 14 nitrogen and oxygen atoms in total. The summed E-state index contributed by atoms with van der Waals surface area (Å²) in [6.07, 6.45) is 5.50. The van der Waals surface area contributed by atoms with Gasteiger partial charge in [0.1, 0.15) is 17.8 Å². The lowest BCUT2D eigenvalue weighted by atomic mass is 9.44. The van der Waals surface area contributed by atoms with Gasteiger partial charge >= 0.3 is 23.9 Å². The van der Waals surface area contributed by atoms with Gasteiger partial charge in [-0.25, -0.2) is 9.59 Å². The molecule has 8 rings (SSSR count). The van der Waals surface area contributed by atoms with Gasteiger partial charge in [-0.1, -0.05) is 160 Å². The Balaban J connectivity index is 1.21. The van der Waals surface area contributed by atoms with E-state index in [0.717, 1.165) is 30.9 Å². The van der Waals surface area contributed by atoms with Crippen molar-refractivity contribution in [3.63, 3.8) is 0 Å². The number of ether oxygens (including phenoxy) is 6. The number of ketones is 1. The van der Waals surface area contributed by atoms with E-state index in [1.807, 2.05) is 110 Å². The Morgan fingerprint density at radius 1 is 0.827 bits per heavy atom. The van der Waals surface area contributed by atoms with Crippen molar-refractivity contribution in [2.45, 2.75) is 175 Å². The van der Waals surface area contributed by atoms with Crippen molar-refractivity contribution < 1.29 is 62.6 Å². The molecule has 2 saturated carbocycles. The van der Waals surface area contributed by atoms with Crippen LogP contribution in [0.5, 0.6) is 0 Å². The third-order valence-electron chi connectivity index (χ3n) is 17.9. The van der Waals surface area contributed by atoms with Crippen LogP contribution in [-0.4, -0.2) is 94.3 Å². The fraction of sp³-hybridized carbons (Fsp3) is 0.478. The highest BCUT2D eigenvalue weighted by molar-refractivity contribution is 5.95. The van der Waals surface area contributed by atoms with Crippen LogP contribution in [0.25, 0.3) is 0 Å². The van der Waals surface area contributed by atoms with Gasteiger partial charge in [0.05, 0.1) is 36.9 Å². The van der Waals surface area contributed by atoms with Crippen LogP contribution in [0.15, 0.2) is 161 Å². The summed E-state index contributed by atoms with van der Waals surface area (Å²) in [5.41, 5.74) is -0.181. The minimum Gasteiger partial charge on any atom is -0.455 e. The lowest BCUT2D eigenvalue weighted by Gasteiger charge is -2.67. The number of esters is 4. The van der Waals surface area contributed by atoms with Crippen LogP contribution in [-0.2, 0) is 65.5 Å². The molecule has 1 heterocycles.